The summed E-state index contributed by atoms with van der Waals surface area (Å²) in [4.78, 5) is 14.3. The Morgan fingerprint density at radius 1 is 1.30 bits per heavy atom. The van der Waals surface area contributed by atoms with Crippen LogP contribution in [0.25, 0.3) is 0 Å². The summed E-state index contributed by atoms with van der Waals surface area (Å²) in [7, 11) is 0. The lowest BCUT2D eigenvalue weighted by molar-refractivity contribution is -0.145. The van der Waals surface area contributed by atoms with E-state index in [1.807, 2.05) is 0 Å². The van der Waals surface area contributed by atoms with Gasteiger partial charge in [0.25, 0.3) is 0 Å². The van der Waals surface area contributed by atoms with Crippen molar-refractivity contribution >= 4 is 5.97 Å². The molecule has 0 heterocycles. The molecule has 0 radical (unpaired) electrons. The van der Waals surface area contributed by atoms with Crippen molar-refractivity contribution in [3.63, 3.8) is 0 Å². The molecule has 0 aliphatic heterocycles. The van der Waals surface area contributed by atoms with Crippen LogP contribution >= 0.6 is 0 Å². The Bertz CT molecular complexity index is 365. The smallest absolute Gasteiger partial charge is 0.323 e. The van der Waals surface area contributed by atoms with Crippen molar-refractivity contribution < 1.29 is 9.90 Å². The van der Waals surface area contributed by atoms with E-state index in [1.54, 1.807) is 0 Å². The number of aliphatic carboxylic acids is 1. The summed E-state index contributed by atoms with van der Waals surface area (Å²) in [5, 5.41) is 13.1. The van der Waals surface area contributed by atoms with Crippen LogP contribution in [0.5, 0.6) is 0 Å². The zero-order chi connectivity index (χ0) is 14.2. The van der Waals surface area contributed by atoms with Gasteiger partial charge in [0, 0.05) is 18.6 Å². The highest BCUT2D eigenvalue weighted by Crippen LogP contribution is 2.38. The topological polar surface area (TPSA) is 52.6 Å². The van der Waals surface area contributed by atoms with Gasteiger partial charge < -0.3 is 10.0 Å². The Morgan fingerprint density at radius 2 is 2.05 bits per heavy atom. The number of nitrogens with zero attached hydrogens (tertiary/aromatic N) is 1. The van der Waals surface area contributed by atoms with Crippen LogP contribution in [0.2, 0.25) is 0 Å². The summed E-state index contributed by atoms with van der Waals surface area (Å²) in [6, 6.07) is 0.925. The van der Waals surface area contributed by atoms with Crippen molar-refractivity contribution in [3.05, 3.63) is 0 Å². The van der Waals surface area contributed by atoms with Gasteiger partial charge in [0.2, 0.25) is 0 Å². The van der Waals surface area contributed by atoms with E-state index in [0.29, 0.717) is 12.1 Å². The first-order chi connectivity index (χ1) is 9.63. The highest BCUT2D eigenvalue weighted by Gasteiger charge is 2.49. The van der Waals surface area contributed by atoms with Crippen molar-refractivity contribution in [1.29, 1.82) is 0 Å². The summed E-state index contributed by atoms with van der Waals surface area (Å²) in [5.74, 6) is 0.234. The first-order valence-electron chi connectivity index (χ1n) is 8.38. The molecule has 4 heteroatoms. The predicted molar refractivity (Wildman–Crippen MR) is 78.8 cm³/mol. The molecule has 0 aromatic rings. The maximum Gasteiger partial charge on any atom is 0.323 e. The molecule has 0 saturated heterocycles. The fraction of sp³-hybridized carbons (Fsp3) is 0.938. The van der Waals surface area contributed by atoms with Crippen LogP contribution in [-0.4, -0.2) is 46.7 Å². The van der Waals surface area contributed by atoms with Gasteiger partial charge in [-0.1, -0.05) is 13.3 Å². The Labute approximate surface area is 121 Å². The highest BCUT2D eigenvalue weighted by atomic mass is 16.4. The lowest BCUT2D eigenvalue weighted by Gasteiger charge is -2.36. The van der Waals surface area contributed by atoms with E-state index < -0.39 is 11.5 Å². The van der Waals surface area contributed by atoms with Crippen LogP contribution < -0.4 is 5.32 Å². The molecule has 2 unspecified atom stereocenters. The van der Waals surface area contributed by atoms with E-state index in [4.69, 9.17) is 0 Å². The summed E-state index contributed by atoms with van der Waals surface area (Å²) in [6.07, 6.45) is 9.05. The van der Waals surface area contributed by atoms with Crippen LogP contribution in [0.15, 0.2) is 0 Å². The van der Waals surface area contributed by atoms with Gasteiger partial charge in [0.05, 0.1) is 0 Å². The van der Waals surface area contributed by atoms with Crippen LogP contribution in [0.3, 0.4) is 0 Å². The molecule has 3 aliphatic carbocycles. The minimum absolute atomic E-state index is 0.461. The zero-order valence-electron chi connectivity index (χ0n) is 12.6. The number of hydrogen-bond acceptors (Lipinski definition) is 3. The lowest BCUT2D eigenvalue weighted by atomic mass is 9.84. The Hall–Kier alpha value is -0.610. The first kappa shape index (κ1) is 14.3. The lowest BCUT2D eigenvalue weighted by Crippen LogP contribution is -2.52. The molecule has 3 aliphatic rings. The Morgan fingerprint density at radius 3 is 2.55 bits per heavy atom. The van der Waals surface area contributed by atoms with Crippen molar-refractivity contribution in [1.82, 2.24) is 10.2 Å². The average molecular weight is 280 g/mol. The monoisotopic (exact) mass is 280 g/mol. The van der Waals surface area contributed by atoms with Crippen molar-refractivity contribution in [3.8, 4) is 0 Å². The molecule has 2 atom stereocenters. The van der Waals surface area contributed by atoms with E-state index >= 15 is 0 Å². The number of nitrogens with one attached hydrogen (secondary N) is 1. The van der Waals surface area contributed by atoms with E-state index in [-0.39, 0.29) is 0 Å². The molecule has 0 bridgehead atoms. The predicted octanol–water partition coefficient (Wildman–Crippen LogP) is 2.24. The normalized spacial score (nSPS) is 34.4. The maximum atomic E-state index is 11.8. The number of hydrogen-bond donors (Lipinski definition) is 2. The van der Waals surface area contributed by atoms with Gasteiger partial charge in [-0.15, -0.1) is 0 Å². The van der Waals surface area contributed by atoms with Gasteiger partial charge in [-0.2, -0.15) is 0 Å². The summed E-state index contributed by atoms with van der Waals surface area (Å²) < 4.78 is 0. The number of carboxylic acid groups (broad SMARTS) is 1. The highest BCUT2D eigenvalue weighted by molar-refractivity contribution is 5.79. The van der Waals surface area contributed by atoms with Crippen LogP contribution in [0.4, 0.5) is 0 Å². The second-order valence-corrected chi connectivity index (χ2v) is 7.09. The molecule has 20 heavy (non-hydrogen) atoms. The average Bonchev–Trinajstić information content (AvgIpc) is 3.06. The minimum atomic E-state index is -0.640. The molecule has 0 aromatic carbocycles. The number of rotatable bonds is 7. The van der Waals surface area contributed by atoms with Crippen LogP contribution in [-0.2, 0) is 4.79 Å². The first-order valence-corrected chi connectivity index (χ1v) is 8.38. The molecular weight excluding hydrogens is 252 g/mol. The van der Waals surface area contributed by atoms with Gasteiger partial charge in [0.1, 0.15) is 5.54 Å². The third-order valence-electron chi connectivity index (χ3n) is 5.60. The number of carbonyl (C=O) groups is 1. The molecule has 0 aromatic heterocycles. The van der Waals surface area contributed by atoms with Gasteiger partial charge in [-0.25, -0.2) is 0 Å². The van der Waals surface area contributed by atoms with E-state index in [1.165, 1.54) is 25.8 Å². The maximum absolute atomic E-state index is 11.8. The Balaban J connectivity index is 1.61. The SMILES string of the molecule is CCN(CC1CCC1)C1CCC(NC2CC2)(C(=O)O)C1. The standard InChI is InChI=1S/C16H28N2O2/c1-2-18(11-12-4-3-5-12)14-8-9-16(10-14,15(19)20)17-13-6-7-13/h12-14,17H,2-11H2,1H3,(H,19,20). The fourth-order valence-electron chi connectivity index (χ4n) is 3.88. The van der Waals surface area contributed by atoms with Gasteiger partial charge in [0.15, 0.2) is 0 Å². The minimum Gasteiger partial charge on any atom is -0.480 e. The molecule has 3 saturated carbocycles. The molecular formula is C16H28N2O2. The van der Waals surface area contributed by atoms with Gasteiger partial charge in [-0.3, -0.25) is 10.1 Å². The van der Waals surface area contributed by atoms with Crippen molar-refractivity contribution in [2.45, 2.75) is 75.9 Å². The molecule has 4 nitrogen and oxygen atoms in total. The fourth-order valence-corrected chi connectivity index (χ4v) is 3.88. The zero-order valence-corrected chi connectivity index (χ0v) is 12.6. The van der Waals surface area contributed by atoms with Crippen molar-refractivity contribution in [2.75, 3.05) is 13.1 Å². The summed E-state index contributed by atoms with van der Waals surface area (Å²) >= 11 is 0. The molecule has 3 fully saturated rings. The number of carboxylic acids is 1. The molecule has 0 amide bonds. The third-order valence-corrected chi connectivity index (χ3v) is 5.60. The quantitative estimate of drug-likeness (QED) is 0.751. The van der Waals surface area contributed by atoms with E-state index in [2.05, 4.69) is 17.1 Å². The largest absolute Gasteiger partial charge is 0.480 e. The summed E-state index contributed by atoms with van der Waals surface area (Å²) in [6.45, 7) is 4.45. The van der Waals surface area contributed by atoms with E-state index in [9.17, 15) is 9.90 Å². The summed E-state index contributed by atoms with van der Waals surface area (Å²) in [5.41, 5.74) is -0.640. The second kappa shape index (κ2) is 5.64. The van der Waals surface area contributed by atoms with Gasteiger partial charge in [-0.05, 0) is 57.4 Å². The third kappa shape index (κ3) is 2.86. The van der Waals surface area contributed by atoms with E-state index in [0.717, 1.165) is 44.6 Å². The van der Waals surface area contributed by atoms with Crippen LogP contribution in [0, 0.1) is 5.92 Å². The Kier molecular flexibility index (Phi) is 4.04. The molecule has 114 valence electrons. The molecule has 0 spiro atoms. The molecule has 3 rings (SSSR count). The van der Waals surface area contributed by atoms with Crippen LogP contribution in [0.1, 0.15) is 58.3 Å². The van der Waals surface area contributed by atoms with Gasteiger partial charge >= 0.3 is 5.97 Å². The molecule has 2 N–H and O–H groups in total. The second-order valence-electron chi connectivity index (χ2n) is 7.09. The van der Waals surface area contributed by atoms with Crippen molar-refractivity contribution in [2.24, 2.45) is 5.92 Å².